The number of benzene rings is 2. The van der Waals surface area contributed by atoms with E-state index in [2.05, 4.69) is 58.1 Å². The summed E-state index contributed by atoms with van der Waals surface area (Å²) in [5, 5.41) is 0. The molecule has 3 rings (SSSR count). The van der Waals surface area contributed by atoms with E-state index in [1.807, 2.05) is 18.2 Å². The van der Waals surface area contributed by atoms with Crippen molar-refractivity contribution in [3.63, 3.8) is 0 Å². The van der Waals surface area contributed by atoms with Crippen LogP contribution in [0.25, 0.3) is 5.57 Å². The average Bonchev–Trinajstić information content (AvgIpc) is 2.61. The molecule has 0 bridgehead atoms. The summed E-state index contributed by atoms with van der Waals surface area (Å²) < 4.78 is 0. The molecule has 124 valence electrons. The Kier molecular flexibility index (Phi) is 4.10. The van der Waals surface area contributed by atoms with Crippen LogP contribution in [0.4, 0.5) is 5.69 Å². The molecule has 0 saturated heterocycles. The van der Waals surface area contributed by atoms with E-state index in [0.717, 1.165) is 17.7 Å². The topological polar surface area (TPSA) is 52.0 Å². The Labute approximate surface area is 144 Å². The number of hydrogen-bond donors (Lipinski definition) is 2. The van der Waals surface area contributed by atoms with Gasteiger partial charge in [-0.2, -0.15) is 0 Å². The van der Waals surface area contributed by atoms with E-state index in [1.165, 1.54) is 33.4 Å². The SMILES string of the molecule is Cc1c(C)c(C2=CCC(N)(c3ccccc3)C=C2)c(C)c(C)c1N. The first kappa shape index (κ1) is 16.5. The molecule has 1 atom stereocenters. The molecule has 0 amide bonds. The molecule has 0 saturated carbocycles. The average molecular weight is 318 g/mol. The summed E-state index contributed by atoms with van der Waals surface area (Å²) in [6, 6.07) is 10.3. The third-order valence-electron chi connectivity index (χ3n) is 5.50. The second kappa shape index (κ2) is 5.95. The number of nitrogens with two attached hydrogens (primary N) is 2. The molecule has 0 spiro atoms. The summed E-state index contributed by atoms with van der Waals surface area (Å²) in [5.74, 6) is 0. The van der Waals surface area contributed by atoms with E-state index in [0.29, 0.717) is 0 Å². The number of nitrogen functional groups attached to an aromatic ring is 1. The first-order valence-corrected chi connectivity index (χ1v) is 8.45. The van der Waals surface area contributed by atoms with Gasteiger partial charge in [0.2, 0.25) is 0 Å². The van der Waals surface area contributed by atoms with E-state index in [1.54, 1.807) is 0 Å². The highest BCUT2D eigenvalue weighted by Gasteiger charge is 2.26. The minimum atomic E-state index is -0.426. The van der Waals surface area contributed by atoms with Crippen molar-refractivity contribution < 1.29 is 0 Å². The van der Waals surface area contributed by atoms with Crippen LogP contribution in [0.15, 0.2) is 48.6 Å². The fraction of sp³-hybridized carbons (Fsp3) is 0.273. The third kappa shape index (κ3) is 2.57. The van der Waals surface area contributed by atoms with Crippen molar-refractivity contribution in [2.24, 2.45) is 5.73 Å². The number of hydrogen-bond acceptors (Lipinski definition) is 2. The Morgan fingerprint density at radius 1 is 0.875 bits per heavy atom. The van der Waals surface area contributed by atoms with Gasteiger partial charge in [0.1, 0.15) is 0 Å². The lowest BCUT2D eigenvalue weighted by Gasteiger charge is -2.30. The molecular weight excluding hydrogens is 292 g/mol. The maximum atomic E-state index is 6.63. The smallest absolute Gasteiger partial charge is 0.0633 e. The first-order chi connectivity index (χ1) is 11.3. The number of anilines is 1. The maximum absolute atomic E-state index is 6.63. The standard InChI is InChI=1S/C22H26N2/c1-14-16(3)21(23)17(4)15(2)20(14)18-10-12-22(24,13-11-18)19-8-6-5-7-9-19/h5-12H,13,23-24H2,1-4H3. The molecule has 0 fully saturated rings. The van der Waals surface area contributed by atoms with Crippen molar-refractivity contribution in [3.8, 4) is 0 Å². The van der Waals surface area contributed by atoms with Crippen LogP contribution in [0.5, 0.6) is 0 Å². The highest BCUT2D eigenvalue weighted by molar-refractivity contribution is 5.83. The zero-order chi connectivity index (χ0) is 17.5. The molecule has 0 heterocycles. The van der Waals surface area contributed by atoms with Gasteiger partial charge in [0.15, 0.2) is 0 Å². The molecule has 2 nitrogen and oxygen atoms in total. The van der Waals surface area contributed by atoms with Gasteiger partial charge in [-0.15, -0.1) is 0 Å². The minimum absolute atomic E-state index is 0.426. The van der Waals surface area contributed by atoms with Crippen LogP contribution in [0.1, 0.15) is 39.8 Å². The summed E-state index contributed by atoms with van der Waals surface area (Å²) in [4.78, 5) is 0. The van der Waals surface area contributed by atoms with Crippen molar-refractivity contribution in [2.75, 3.05) is 5.73 Å². The normalized spacial score (nSPS) is 20.1. The Hall–Kier alpha value is -2.32. The highest BCUT2D eigenvalue weighted by Crippen LogP contribution is 2.37. The van der Waals surface area contributed by atoms with Crippen LogP contribution < -0.4 is 11.5 Å². The quantitative estimate of drug-likeness (QED) is 0.789. The zero-order valence-electron chi connectivity index (χ0n) is 15.0. The fourth-order valence-corrected chi connectivity index (χ4v) is 3.58. The summed E-state index contributed by atoms with van der Waals surface area (Å²) in [7, 11) is 0. The molecule has 2 heteroatoms. The maximum Gasteiger partial charge on any atom is 0.0633 e. The van der Waals surface area contributed by atoms with Gasteiger partial charge in [-0.1, -0.05) is 48.6 Å². The number of allylic oxidation sites excluding steroid dienone is 2. The predicted octanol–water partition coefficient (Wildman–Crippen LogP) is 4.70. The van der Waals surface area contributed by atoms with E-state index >= 15 is 0 Å². The molecule has 1 aliphatic rings. The van der Waals surface area contributed by atoms with Crippen molar-refractivity contribution in [2.45, 2.75) is 39.7 Å². The van der Waals surface area contributed by atoms with Crippen LogP contribution in [0.3, 0.4) is 0 Å². The molecule has 1 aliphatic carbocycles. The van der Waals surface area contributed by atoms with Gasteiger partial charge >= 0.3 is 0 Å². The van der Waals surface area contributed by atoms with Crippen molar-refractivity contribution in [1.82, 2.24) is 0 Å². The zero-order valence-corrected chi connectivity index (χ0v) is 15.0. The summed E-state index contributed by atoms with van der Waals surface area (Å²) in [6.45, 7) is 8.52. The predicted molar refractivity (Wildman–Crippen MR) is 104 cm³/mol. The van der Waals surface area contributed by atoms with Gasteiger partial charge in [0.05, 0.1) is 5.54 Å². The van der Waals surface area contributed by atoms with Gasteiger partial charge < -0.3 is 11.5 Å². The second-order valence-corrected chi connectivity index (χ2v) is 6.89. The summed E-state index contributed by atoms with van der Waals surface area (Å²) in [6.07, 6.45) is 7.36. The summed E-state index contributed by atoms with van der Waals surface area (Å²) in [5.41, 5.74) is 21.9. The lowest BCUT2D eigenvalue weighted by atomic mass is 9.80. The molecule has 4 N–H and O–H groups in total. The van der Waals surface area contributed by atoms with E-state index in [9.17, 15) is 0 Å². The van der Waals surface area contributed by atoms with Gasteiger partial charge in [0, 0.05) is 5.69 Å². The van der Waals surface area contributed by atoms with Crippen molar-refractivity contribution in [3.05, 3.63) is 81.9 Å². The van der Waals surface area contributed by atoms with Crippen molar-refractivity contribution in [1.29, 1.82) is 0 Å². The van der Waals surface area contributed by atoms with E-state index < -0.39 is 5.54 Å². The Morgan fingerprint density at radius 3 is 1.96 bits per heavy atom. The monoisotopic (exact) mass is 318 g/mol. The van der Waals surface area contributed by atoms with E-state index in [4.69, 9.17) is 11.5 Å². The van der Waals surface area contributed by atoms with Gasteiger partial charge in [-0.25, -0.2) is 0 Å². The Morgan fingerprint density at radius 2 is 1.46 bits per heavy atom. The van der Waals surface area contributed by atoms with Gasteiger partial charge in [0.25, 0.3) is 0 Å². The first-order valence-electron chi connectivity index (χ1n) is 8.45. The lowest BCUT2D eigenvalue weighted by molar-refractivity contribution is 0.567. The molecule has 1 unspecified atom stereocenters. The third-order valence-corrected chi connectivity index (χ3v) is 5.50. The molecule has 2 aromatic rings. The summed E-state index contributed by atoms with van der Waals surface area (Å²) >= 11 is 0. The Balaban J connectivity index is 2.02. The molecule has 0 aliphatic heterocycles. The highest BCUT2D eigenvalue weighted by atomic mass is 14.7. The van der Waals surface area contributed by atoms with Crippen LogP contribution in [-0.4, -0.2) is 0 Å². The fourth-order valence-electron chi connectivity index (χ4n) is 3.58. The molecule has 0 radical (unpaired) electrons. The van der Waals surface area contributed by atoms with Crippen LogP contribution in [0.2, 0.25) is 0 Å². The molecule has 24 heavy (non-hydrogen) atoms. The largest absolute Gasteiger partial charge is 0.398 e. The van der Waals surface area contributed by atoms with E-state index in [-0.39, 0.29) is 0 Å². The van der Waals surface area contributed by atoms with Gasteiger partial charge in [-0.05, 0) is 73.1 Å². The van der Waals surface area contributed by atoms with Crippen LogP contribution >= 0.6 is 0 Å². The second-order valence-electron chi connectivity index (χ2n) is 6.89. The number of rotatable bonds is 2. The molecule has 2 aromatic carbocycles. The molecular formula is C22H26N2. The van der Waals surface area contributed by atoms with Gasteiger partial charge in [-0.3, -0.25) is 0 Å². The molecule has 0 aromatic heterocycles. The van der Waals surface area contributed by atoms with Crippen LogP contribution in [-0.2, 0) is 5.54 Å². The van der Waals surface area contributed by atoms with Crippen molar-refractivity contribution >= 4 is 11.3 Å². The van der Waals surface area contributed by atoms with Crippen LogP contribution in [0, 0.1) is 27.7 Å². The Bertz CT molecular complexity index is 815. The minimum Gasteiger partial charge on any atom is -0.398 e. The lowest BCUT2D eigenvalue weighted by Crippen LogP contribution is -2.35.